The Morgan fingerprint density at radius 1 is 0.857 bits per heavy atom. The zero-order chi connectivity index (χ0) is 15.1. The third-order valence-corrected chi connectivity index (χ3v) is 3.77. The highest BCUT2D eigenvalue weighted by atomic mass is 32.1. The van der Waals surface area contributed by atoms with E-state index in [2.05, 4.69) is 12.6 Å². The highest BCUT2D eigenvalue weighted by Gasteiger charge is 2.33. The summed E-state index contributed by atoms with van der Waals surface area (Å²) < 4.78 is 0. The Kier molecular flexibility index (Phi) is 2.86. The fourth-order valence-corrected chi connectivity index (χ4v) is 2.76. The maximum Gasteiger partial charge on any atom is 0.195 e. The minimum Gasteiger partial charge on any atom is -0.289 e. The molecule has 2 aromatic rings. The van der Waals surface area contributed by atoms with Crippen molar-refractivity contribution in [2.45, 2.75) is 4.90 Å². The third kappa shape index (κ3) is 1.69. The normalized spacial score (nSPS) is 12.1. The number of nitriles is 2. The second kappa shape index (κ2) is 4.59. The lowest BCUT2D eigenvalue weighted by atomic mass is 9.81. The van der Waals surface area contributed by atoms with Crippen LogP contribution in [0, 0.1) is 22.7 Å². The van der Waals surface area contributed by atoms with Gasteiger partial charge in [-0.3, -0.25) is 9.59 Å². The molecule has 3 rings (SSSR count). The number of hydrogen-bond donors (Lipinski definition) is 1. The molecule has 0 heterocycles. The highest BCUT2D eigenvalue weighted by Crippen LogP contribution is 2.33. The predicted molar refractivity (Wildman–Crippen MR) is 76.4 cm³/mol. The lowest BCUT2D eigenvalue weighted by Crippen LogP contribution is -2.23. The van der Waals surface area contributed by atoms with Crippen molar-refractivity contribution in [3.8, 4) is 12.1 Å². The molecule has 0 spiro atoms. The molecule has 98 valence electrons. The minimum absolute atomic E-state index is 0.00412. The van der Waals surface area contributed by atoms with E-state index in [1.165, 1.54) is 6.07 Å². The van der Waals surface area contributed by atoms with Crippen molar-refractivity contribution < 1.29 is 9.59 Å². The van der Waals surface area contributed by atoms with Crippen LogP contribution in [0.5, 0.6) is 0 Å². The number of rotatable bonds is 0. The molecule has 0 radical (unpaired) electrons. The number of carbonyl (C=O) groups excluding carboxylic acids is 2. The molecule has 0 saturated heterocycles. The second-order valence-electron chi connectivity index (χ2n) is 4.50. The van der Waals surface area contributed by atoms with Gasteiger partial charge in [0.05, 0.1) is 16.7 Å². The predicted octanol–water partition coefficient (Wildman–Crippen LogP) is 2.49. The van der Waals surface area contributed by atoms with Gasteiger partial charge in [-0.15, -0.1) is 12.6 Å². The number of benzene rings is 2. The van der Waals surface area contributed by atoms with E-state index in [9.17, 15) is 14.9 Å². The maximum atomic E-state index is 12.6. The van der Waals surface area contributed by atoms with Gasteiger partial charge < -0.3 is 0 Å². The summed E-state index contributed by atoms with van der Waals surface area (Å²) in [6.07, 6.45) is 0. The van der Waals surface area contributed by atoms with Gasteiger partial charge >= 0.3 is 0 Å². The number of carbonyl (C=O) groups is 2. The van der Waals surface area contributed by atoms with Crippen LogP contribution in [-0.4, -0.2) is 11.6 Å². The van der Waals surface area contributed by atoms with Gasteiger partial charge in [-0.25, -0.2) is 0 Å². The largest absolute Gasteiger partial charge is 0.289 e. The maximum absolute atomic E-state index is 12.6. The molecule has 0 bridgehead atoms. The van der Waals surface area contributed by atoms with Crippen LogP contribution in [0.4, 0.5) is 0 Å². The molecular weight excluding hydrogens is 284 g/mol. The first kappa shape index (κ1) is 13.1. The molecule has 5 heteroatoms. The first-order chi connectivity index (χ1) is 10.1. The van der Waals surface area contributed by atoms with Gasteiger partial charge in [0, 0.05) is 21.6 Å². The summed E-state index contributed by atoms with van der Waals surface area (Å²) in [5.74, 6) is -0.752. The molecular formula is C16H6N2O2S. The van der Waals surface area contributed by atoms with E-state index in [1.807, 2.05) is 12.1 Å². The Morgan fingerprint density at radius 3 is 2.00 bits per heavy atom. The summed E-state index contributed by atoms with van der Waals surface area (Å²) in [6, 6.07) is 11.5. The molecule has 0 N–H and O–H groups in total. The van der Waals surface area contributed by atoms with E-state index in [-0.39, 0.29) is 38.5 Å². The quantitative estimate of drug-likeness (QED) is 0.645. The fourth-order valence-electron chi connectivity index (χ4n) is 2.47. The molecule has 0 amide bonds. The highest BCUT2D eigenvalue weighted by molar-refractivity contribution is 7.80. The van der Waals surface area contributed by atoms with Crippen molar-refractivity contribution in [2.75, 3.05) is 0 Å². The van der Waals surface area contributed by atoms with Crippen molar-refractivity contribution in [3.05, 3.63) is 63.7 Å². The monoisotopic (exact) mass is 290 g/mol. The van der Waals surface area contributed by atoms with E-state index in [4.69, 9.17) is 5.26 Å². The summed E-state index contributed by atoms with van der Waals surface area (Å²) in [5, 5.41) is 18.4. The second-order valence-corrected chi connectivity index (χ2v) is 4.98. The van der Waals surface area contributed by atoms with E-state index < -0.39 is 5.78 Å². The molecule has 4 nitrogen and oxygen atoms in total. The van der Waals surface area contributed by atoms with E-state index in [1.54, 1.807) is 24.3 Å². The van der Waals surface area contributed by atoms with E-state index in [0.29, 0.717) is 5.56 Å². The van der Waals surface area contributed by atoms with Crippen LogP contribution in [0.15, 0.2) is 35.2 Å². The fraction of sp³-hybridized carbons (Fsp3) is 0. The SMILES string of the molecule is N#Cc1c(S)cc2c(c1C#N)C(=O)c1ccccc1C2=O. The van der Waals surface area contributed by atoms with Gasteiger partial charge in [-0.05, 0) is 6.07 Å². The summed E-state index contributed by atoms with van der Waals surface area (Å²) in [6.45, 7) is 0. The molecule has 0 aliphatic heterocycles. The number of ketones is 2. The van der Waals surface area contributed by atoms with Crippen molar-refractivity contribution in [1.29, 1.82) is 10.5 Å². The molecule has 1 aliphatic rings. The van der Waals surface area contributed by atoms with Crippen LogP contribution in [0.1, 0.15) is 43.0 Å². The zero-order valence-corrected chi connectivity index (χ0v) is 11.4. The van der Waals surface area contributed by atoms with Crippen LogP contribution in [-0.2, 0) is 0 Å². The molecule has 2 aromatic carbocycles. The smallest absolute Gasteiger partial charge is 0.195 e. The summed E-state index contributed by atoms with van der Waals surface area (Å²) in [4.78, 5) is 25.3. The van der Waals surface area contributed by atoms with Crippen LogP contribution < -0.4 is 0 Å². The van der Waals surface area contributed by atoms with E-state index in [0.717, 1.165) is 0 Å². The van der Waals surface area contributed by atoms with Gasteiger partial charge in [0.2, 0.25) is 0 Å². The Hall–Kier alpha value is -2.89. The molecule has 0 unspecified atom stereocenters. The van der Waals surface area contributed by atoms with Crippen LogP contribution in [0.25, 0.3) is 0 Å². The van der Waals surface area contributed by atoms with Gasteiger partial charge in [0.1, 0.15) is 12.1 Å². The molecule has 1 aliphatic carbocycles. The number of fused-ring (bicyclic) bond motifs is 2. The van der Waals surface area contributed by atoms with Crippen molar-refractivity contribution >= 4 is 24.2 Å². The molecule has 0 aromatic heterocycles. The third-order valence-electron chi connectivity index (χ3n) is 3.42. The molecule has 0 saturated carbocycles. The lowest BCUT2D eigenvalue weighted by molar-refractivity contribution is 0.0978. The van der Waals surface area contributed by atoms with Crippen LogP contribution in [0.2, 0.25) is 0 Å². The Balaban J connectivity index is 2.45. The average Bonchev–Trinajstić information content (AvgIpc) is 2.51. The lowest BCUT2D eigenvalue weighted by Gasteiger charge is -2.19. The van der Waals surface area contributed by atoms with Gasteiger partial charge in [0.25, 0.3) is 0 Å². The topological polar surface area (TPSA) is 81.7 Å². The minimum atomic E-state index is -0.415. The van der Waals surface area contributed by atoms with Crippen LogP contribution in [0.3, 0.4) is 0 Å². The van der Waals surface area contributed by atoms with Gasteiger partial charge in [-0.1, -0.05) is 24.3 Å². The van der Waals surface area contributed by atoms with Crippen molar-refractivity contribution in [1.82, 2.24) is 0 Å². The van der Waals surface area contributed by atoms with Crippen molar-refractivity contribution in [2.24, 2.45) is 0 Å². The Labute approximate surface area is 125 Å². The van der Waals surface area contributed by atoms with Gasteiger partial charge in [0.15, 0.2) is 11.6 Å². The first-order valence-corrected chi connectivity index (χ1v) is 6.43. The Morgan fingerprint density at radius 2 is 1.43 bits per heavy atom. The molecule has 21 heavy (non-hydrogen) atoms. The van der Waals surface area contributed by atoms with Gasteiger partial charge in [-0.2, -0.15) is 10.5 Å². The average molecular weight is 290 g/mol. The van der Waals surface area contributed by atoms with E-state index >= 15 is 0 Å². The number of nitrogens with zero attached hydrogens (tertiary/aromatic N) is 2. The number of thiol groups is 1. The molecule has 0 fully saturated rings. The summed E-state index contributed by atoms with van der Waals surface area (Å²) in [5.41, 5.74) is 0.599. The molecule has 0 atom stereocenters. The summed E-state index contributed by atoms with van der Waals surface area (Å²) >= 11 is 4.14. The Bertz CT molecular complexity index is 917. The van der Waals surface area contributed by atoms with Crippen molar-refractivity contribution in [3.63, 3.8) is 0 Å². The first-order valence-electron chi connectivity index (χ1n) is 5.98. The standard InChI is InChI=1S/C16H6N2O2S/c17-6-11-12(7-18)14-10(5-13(11)21)15(19)8-3-1-2-4-9(8)16(14)20/h1-5,21H. The zero-order valence-electron chi connectivity index (χ0n) is 10.5. The van der Waals surface area contributed by atoms with Crippen LogP contribution >= 0.6 is 12.6 Å². The number of hydrogen-bond acceptors (Lipinski definition) is 5. The summed E-state index contributed by atoms with van der Waals surface area (Å²) in [7, 11) is 0.